The van der Waals surface area contributed by atoms with Crippen LogP contribution >= 0.6 is 15.9 Å². The molecule has 0 spiro atoms. The third kappa shape index (κ3) is 2.51. The van der Waals surface area contributed by atoms with E-state index in [1.807, 2.05) is 6.92 Å². The second-order valence-corrected chi connectivity index (χ2v) is 4.00. The Morgan fingerprint density at radius 3 is 2.69 bits per heavy atom. The predicted octanol–water partition coefficient (Wildman–Crippen LogP) is 2.82. The smallest absolute Gasteiger partial charge is 0.137 e. The van der Waals surface area contributed by atoms with Crippen LogP contribution in [0.15, 0.2) is 16.6 Å². The van der Waals surface area contributed by atoms with Crippen LogP contribution in [0.25, 0.3) is 0 Å². The van der Waals surface area contributed by atoms with E-state index < -0.39 is 6.10 Å². The summed E-state index contributed by atoms with van der Waals surface area (Å²) in [6, 6.07) is 3.14. The maximum atomic E-state index is 13.1. The SMILES string of the molecule is Cc1ccc(F)c(Br)c1CC(C)O. The summed E-state index contributed by atoms with van der Waals surface area (Å²) in [6.45, 7) is 3.60. The Hall–Kier alpha value is -0.410. The zero-order chi connectivity index (χ0) is 10.0. The van der Waals surface area contributed by atoms with Gasteiger partial charge in [-0.1, -0.05) is 6.07 Å². The highest BCUT2D eigenvalue weighted by Crippen LogP contribution is 2.24. The summed E-state index contributed by atoms with van der Waals surface area (Å²) in [5, 5.41) is 9.20. The van der Waals surface area contributed by atoms with E-state index in [0.717, 1.165) is 11.1 Å². The van der Waals surface area contributed by atoms with E-state index in [-0.39, 0.29) is 5.82 Å². The monoisotopic (exact) mass is 246 g/mol. The molecule has 1 N–H and O–H groups in total. The number of halogens is 2. The molecule has 0 aliphatic heterocycles. The number of hydrogen-bond donors (Lipinski definition) is 1. The molecule has 0 heterocycles. The molecule has 0 saturated heterocycles. The Bertz CT molecular complexity index is 310. The molecule has 0 fully saturated rings. The number of benzene rings is 1. The normalized spacial score (nSPS) is 13.0. The molecule has 0 radical (unpaired) electrons. The van der Waals surface area contributed by atoms with Crippen LogP contribution in [0, 0.1) is 12.7 Å². The Morgan fingerprint density at radius 1 is 1.54 bits per heavy atom. The Morgan fingerprint density at radius 2 is 2.15 bits per heavy atom. The van der Waals surface area contributed by atoms with Crippen LogP contribution in [0.4, 0.5) is 4.39 Å². The average molecular weight is 247 g/mol. The lowest BCUT2D eigenvalue weighted by molar-refractivity contribution is 0.195. The first-order valence-corrected chi connectivity index (χ1v) is 4.93. The molecule has 0 saturated carbocycles. The minimum atomic E-state index is -0.447. The van der Waals surface area contributed by atoms with Gasteiger partial charge in [0.15, 0.2) is 0 Å². The molecule has 0 aliphatic rings. The third-order valence-corrected chi connectivity index (χ3v) is 2.79. The van der Waals surface area contributed by atoms with E-state index in [2.05, 4.69) is 15.9 Å². The topological polar surface area (TPSA) is 20.2 Å². The van der Waals surface area contributed by atoms with Crippen molar-refractivity contribution in [1.82, 2.24) is 0 Å². The van der Waals surface area contributed by atoms with Gasteiger partial charge in [-0.05, 0) is 53.4 Å². The van der Waals surface area contributed by atoms with Gasteiger partial charge in [0.2, 0.25) is 0 Å². The maximum absolute atomic E-state index is 13.1. The Balaban J connectivity index is 3.10. The maximum Gasteiger partial charge on any atom is 0.137 e. The molecule has 0 bridgehead atoms. The first-order valence-electron chi connectivity index (χ1n) is 4.14. The van der Waals surface area contributed by atoms with Crippen molar-refractivity contribution < 1.29 is 9.50 Å². The van der Waals surface area contributed by atoms with Gasteiger partial charge >= 0.3 is 0 Å². The Labute approximate surface area is 85.7 Å². The molecule has 1 unspecified atom stereocenters. The predicted molar refractivity (Wildman–Crippen MR) is 54.2 cm³/mol. The summed E-state index contributed by atoms with van der Waals surface area (Å²) in [4.78, 5) is 0. The van der Waals surface area contributed by atoms with Gasteiger partial charge in [0.25, 0.3) is 0 Å². The van der Waals surface area contributed by atoms with Crippen molar-refractivity contribution in [2.45, 2.75) is 26.4 Å². The Kier molecular flexibility index (Phi) is 3.45. The highest BCUT2D eigenvalue weighted by atomic mass is 79.9. The first-order chi connectivity index (χ1) is 6.02. The van der Waals surface area contributed by atoms with Crippen LogP contribution in [0.2, 0.25) is 0 Å². The molecular formula is C10H12BrFO. The van der Waals surface area contributed by atoms with Crippen molar-refractivity contribution in [1.29, 1.82) is 0 Å². The van der Waals surface area contributed by atoms with Crippen molar-refractivity contribution in [2.24, 2.45) is 0 Å². The van der Waals surface area contributed by atoms with Crippen molar-refractivity contribution in [3.05, 3.63) is 33.5 Å². The van der Waals surface area contributed by atoms with E-state index in [0.29, 0.717) is 10.9 Å². The summed E-state index contributed by atoms with van der Waals surface area (Å²) >= 11 is 3.17. The lowest BCUT2D eigenvalue weighted by atomic mass is 10.0. The molecule has 0 aliphatic carbocycles. The fourth-order valence-corrected chi connectivity index (χ4v) is 1.84. The van der Waals surface area contributed by atoms with Gasteiger partial charge in [-0.15, -0.1) is 0 Å². The molecule has 3 heteroatoms. The van der Waals surface area contributed by atoms with Crippen LogP contribution in [-0.4, -0.2) is 11.2 Å². The van der Waals surface area contributed by atoms with Crippen LogP contribution < -0.4 is 0 Å². The van der Waals surface area contributed by atoms with Crippen molar-refractivity contribution >= 4 is 15.9 Å². The average Bonchev–Trinajstić information content (AvgIpc) is 2.05. The van der Waals surface area contributed by atoms with Gasteiger partial charge in [0.1, 0.15) is 5.82 Å². The molecule has 1 rings (SSSR count). The number of aryl methyl sites for hydroxylation is 1. The number of aliphatic hydroxyl groups excluding tert-OH is 1. The summed E-state index contributed by atoms with van der Waals surface area (Å²) in [7, 11) is 0. The molecule has 1 aromatic rings. The number of aliphatic hydroxyl groups is 1. The zero-order valence-electron chi connectivity index (χ0n) is 7.64. The van der Waals surface area contributed by atoms with Crippen LogP contribution in [0.5, 0.6) is 0 Å². The van der Waals surface area contributed by atoms with E-state index >= 15 is 0 Å². The van der Waals surface area contributed by atoms with Crippen molar-refractivity contribution in [2.75, 3.05) is 0 Å². The molecule has 1 atom stereocenters. The summed E-state index contributed by atoms with van der Waals surface area (Å²) < 4.78 is 13.5. The van der Waals surface area contributed by atoms with E-state index in [1.54, 1.807) is 13.0 Å². The zero-order valence-corrected chi connectivity index (χ0v) is 9.23. The fourth-order valence-electron chi connectivity index (χ4n) is 1.24. The van der Waals surface area contributed by atoms with Gasteiger partial charge in [-0.25, -0.2) is 4.39 Å². The van der Waals surface area contributed by atoms with Gasteiger partial charge < -0.3 is 5.11 Å². The highest BCUT2D eigenvalue weighted by Gasteiger charge is 2.10. The van der Waals surface area contributed by atoms with Gasteiger partial charge in [-0.2, -0.15) is 0 Å². The van der Waals surface area contributed by atoms with Crippen LogP contribution in [0.1, 0.15) is 18.1 Å². The van der Waals surface area contributed by atoms with Crippen molar-refractivity contribution in [3.8, 4) is 0 Å². The summed E-state index contributed by atoms with van der Waals surface area (Å²) in [5.74, 6) is -0.277. The lowest BCUT2D eigenvalue weighted by Crippen LogP contribution is -2.07. The minimum Gasteiger partial charge on any atom is -0.393 e. The molecule has 0 amide bonds. The van der Waals surface area contributed by atoms with Crippen LogP contribution in [-0.2, 0) is 6.42 Å². The largest absolute Gasteiger partial charge is 0.393 e. The van der Waals surface area contributed by atoms with Crippen LogP contribution in [0.3, 0.4) is 0 Å². The quantitative estimate of drug-likeness (QED) is 0.851. The summed E-state index contributed by atoms with van der Waals surface area (Å²) in [6.07, 6.45) is 0.0290. The molecule has 13 heavy (non-hydrogen) atoms. The van der Waals surface area contributed by atoms with Gasteiger partial charge in [0.05, 0.1) is 10.6 Å². The molecule has 1 nitrogen and oxygen atoms in total. The van der Waals surface area contributed by atoms with Crippen molar-refractivity contribution in [3.63, 3.8) is 0 Å². The van der Waals surface area contributed by atoms with E-state index in [1.165, 1.54) is 6.07 Å². The summed E-state index contributed by atoms with van der Waals surface area (Å²) in [5.41, 5.74) is 1.84. The second kappa shape index (κ2) is 4.20. The molecule has 0 aromatic heterocycles. The third-order valence-electron chi connectivity index (χ3n) is 1.93. The molecular weight excluding hydrogens is 235 g/mol. The number of rotatable bonds is 2. The highest BCUT2D eigenvalue weighted by molar-refractivity contribution is 9.10. The standard InChI is InChI=1S/C10H12BrFO/c1-6-3-4-9(12)10(11)8(6)5-7(2)13/h3-4,7,13H,5H2,1-2H3. The molecule has 72 valence electrons. The lowest BCUT2D eigenvalue weighted by Gasteiger charge is -2.10. The second-order valence-electron chi connectivity index (χ2n) is 3.21. The molecule has 1 aromatic carbocycles. The fraction of sp³-hybridized carbons (Fsp3) is 0.400. The van der Waals surface area contributed by atoms with Gasteiger partial charge in [-0.3, -0.25) is 0 Å². The van der Waals surface area contributed by atoms with E-state index in [4.69, 9.17) is 0 Å². The first kappa shape index (κ1) is 10.7. The number of hydrogen-bond acceptors (Lipinski definition) is 1. The minimum absolute atomic E-state index is 0.277. The van der Waals surface area contributed by atoms with E-state index in [9.17, 15) is 9.50 Å². The van der Waals surface area contributed by atoms with Gasteiger partial charge in [0, 0.05) is 0 Å².